The number of carbonyl (C=O) groups is 2. The van der Waals surface area contributed by atoms with Crippen molar-refractivity contribution in [3.05, 3.63) is 59.7 Å². The van der Waals surface area contributed by atoms with Crippen LogP contribution in [0.5, 0.6) is 0 Å². The molecule has 1 aliphatic heterocycles. The predicted octanol–water partition coefficient (Wildman–Crippen LogP) is 2.94. The van der Waals surface area contributed by atoms with Crippen molar-refractivity contribution in [2.75, 3.05) is 18.4 Å². The van der Waals surface area contributed by atoms with E-state index >= 15 is 0 Å². The zero-order valence-electron chi connectivity index (χ0n) is 16.6. The number of hydrogen-bond acceptors (Lipinski definition) is 5. The number of benzene rings is 2. The average molecular weight is 416 g/mol. The van der Waals surface area contributed by atoms with Crippen LogP contribution < -0.4 is 5.32 Å². The molecule has 0 unspecified atom stereocenters. The number of sulfonamides is 1. The molecule has 0 aliphatic carbocycles. The maximum Gasteiger partial charge on any atom is 0.255 e. The number of ketones is 1. The number of anilines is 1. The van der Waals surface area contributed by atoms with Gasteiger partial charge < -0.3 is 10.1 Å². The minimum atomic E-state index is -3.74. The molecule has 29 heavy (non-hydrogen) atoms. The Kier molecular flexibility index (Phi) is 6.16. The van der Waals surface area contributed by atoms with E-state index in [1.165, 1.54) is 23.4 Å². The molecule has 1 saturated heterocycles. The maximum atomic E-state index is 13.0. The van der Waals surface area contributed by atoms with Crippen LogP contribution in [0.1, 0.15) is 41.5 Å². The first-order valence-corrected chi connectivity index (χ1v) is 10.8. The monoisotopic (exact) mass is 416 g/mol. The van der Waals surface area contributed by atoms with Gasteiger partial charge in [-0.05, 0) is 63.2 Å². The van der Waals surface area contributed by atoms with Crippen molar-refractivity contribution in [2.45, 2.75) is 37.9 Å². The van der Waals surface area contributed by atoms with E-state index in [1.807, 2.05) is 13.8 Å². The van der Waals surface area contributed by atoms with Gasteiger partial charge in [0.1, 0.15) is 0 Å². The summed E-state index contributed by atoms with van der Waals surface area (Å²) in [6, 6.07) is 12.5. The van der Waals surface area contributed by atoms with Gasteiger partial charge in [0.05, 0.1) is 17.1 Å². The normalized spacial score (nSPS) is 20.2. The minimum Gasteiger partial charge on any atom is -0.373 e. The molecule has 2 atom stereocenters. The van der Waals surface area contributed by atoms with Gasteiger partial charge in [0.2, 0.25) is 10.0 Å². The SMILES string of the molecule is CC(=O)c1ccc(NC(=O)c2cccc(S(=O)(=O)N3C[C@@H](C)O[C@H](C)C3)c2)cc1. The predicted molar refractivity (Wildman–Crippen MR) is 110 cm³/mol. The standard InChI is InChI=1S/C21H24N2O5S/c1-14-12-23(13-15(2)28-14)29(26,27)20-6-4-5-18(11-20)21(25)22-19-9-7-17(8-10-19)16(3)24/h4-11,14-15H,12-13H2,1-3H3,(H,22,25)/t14-,15-/m1/s1. The summed E-state index contributed by atoms with van der Waals surface area (Å²) >= 11 is 0. The molecule has 3 rings (SSSR count). The highest BCUT2D eigenvalue weighted by atomic mass is 32.2. The van der Waals surface area contributed by atoms with Crippen LogP contribution in [0.15, 0.2) is 53.4 Å². The number of nitrogens with zero attached hydrogens (tertiary/aromatic N) is 1. The molecule has 0 bridgehead atoms. The zero-order valence-corrected chi connectivity index (χ0v) is 17.4. The van der Waals surface area contributed by atoms with Gasteiger partial charge in [-0.15, -0.1) is 0 Å². The van der Waals surface area contributed by atoms with E-state index in [1.54, 1.807) is 36.4 Å². The van der Waals surface area contributed by atoms with E-state index in [2.05, 4.69) is 5.32 Å². The van der Waals surface area contributed by atoms with E-state index in [9.17, 15) is 18.0 Å². The lowest BCUT2D eigenvalue weighted by Gasteiger charge is -2.34. The van der Waals surface area contributed by atoms with Crippen molar-refractivity contribution in [1.82, 2.24) is 4.31 Å². The summed E-state index contributed by atoms with van der Waals surface area (Å²) in [5.74, 6) is -0.492. The van der Waals surface area contributed by atoms with Crippen LogP contribution in [0.3, 0.4) is 0 Å². The first-order valence-electron chi connectivity index (χ1n) is 9.35. The van der Waals surface area contributed by atoms with Gasteiger partial charge in [-0.25, -0.2) is 8.42 Å². The van der Waals surface area contributed by atoms with Crippen LogP contribution in [-0.2, 0) is 14.8 Å². The summed E-state index contributed by atoms with van der Waals surface area (Å²) in [6.45, 7) is 5.67. The van der Waals surface area contributed by atoms with E-state index in [-0.39, 0.29) is 41.5 Å². The third-order valence-electron chi connectivity index (χ3n) is 4.67. The van der Waals surface area contributed by atoms with Crippen molar-refractivity contribution >= 4 is 27.4 Å². The Morgan fingerprint density at radius 3 is 2.21 bits per heavy atom. The molecule has 8 heteroatoms. The summed E-state index contributed by atoms with van der Waals surface area (Å²) in [5, 5.41) is 2.72. The van der Waals surface area contributed by atoms with E-state index in [0.717, 1.165) is 0 Å². The Balaban J connectivity index is 1.79. The van der Waals surface area contributed by atoms with Crippen LogP contribution in [0.4, 0.5) is 5.69 Å². The summed E-state index contributed by atoms with van der Waals surface area (Å²) in [7, 11) is -3.74. The molecular weight excluding hydrogens is 392 g/mol. The number of nitrogens with one attached hydrogen (secondary N) is 1. The molecule has 1 N–H and O–H groups in total. The number of ether oxygens (including phenoxy) is 1. The van der Waals surface area contributed by atoms with E-state index in [0.29, 0.717) is 11.3 Å². The maximum absolute atomic E-state index is 13.0. The summed E-state index contributed by atoms with van der Waals surface area (Å²) in [5.41, 5.74) is 1.30. The van der Waals surface area contributed by atoms with E-state index < -0.39 is 15.9 Å². The second-order valence-corrected chi connectivity index (χ2v) is 9.13. The second kappa shape index (κ2) is 8.44. The largest absolute Gasteiger partial charge is 0.373 e. The zero-order chi connectivity index (χ0) is 21.2. The molecule has 0 spiro atoms. The van der Waals surface area contributed by atoms with Crippen molar-refractivity contribution in [3.63, 3.8) is 0 Å². The van der Waals surface area contributed by atoms with Crippen LogP contribution in [-0.4, -0.2) is 49.7 Å². The van der Waals surface area contributed by atoms with Crippen molar-refractivity contribution in [1.29, 1.82) is 0 Å². The van der Waals surface area contributed by atoms with Gasteiger partial charge in [0.15, 0.2) is 5.78 Å². The first kappa shape index (κ1) is 21.2. The number of Topliss-reactive ketones (excluding diaryl/α,β-unsaturated/α-hetero) is 1. The van der Waals surface area contributed by atoms with Crippen molar-refractivity contribution in [2.24, 2.45) is 0 Å². The summed E-state index contributed by atoms with van der Waals surface area (Å²) in [4.78, 5) is 24.0. The van der Waals surface area contributed by atoms with Crippen LogP contribution in [0.2, 0.25) is 0 Å². The third kappa shape index (κ3) is 4.90. The Morgan fingerprint density at radius 2 is 1.62 bits per heavy atom. The lowest BCUT2D eigenvalue weighted by molar-refractivity contribution is -0.0440. The van der Waals surface area contributed by atoms with Gasteiger partial charge in [-0.1, -0.05) is 6.07 Å². The quantitative estimate of drug-likeness (QED) is 0.757. The van der Waals surface area contributed by atoms with Crippen molar-refractivity contribution < 1.29 is 22.7 Å². The van der Waals surface area contributed by atoms with Crippen LogP contribution >= 0.6 is 0 Å². The molecule has 1 heterocycles. The average Bonchev–Trinajstić information content (AvgIpc) is 2.67. The Bertz CT molecular complexity index is 1010. The van der Waals surface area contributed by atoms with Crippen LogP contribution in [0.25, 0.3) is 0 Å². The number of carbonyl (C=O) groups excluding carboxylic acids is 2. The Morgan fingerprint density at radius 1 is 1.00 bits per heavy atom. The summed E-state index contributed by atoms with van der Waals surface area (Å²) < 4.78 is 33.0. The Hall–Kier alpha value is -2.55. The molecule has 1 fully saturated rings. The third-order valence-corrected chi connectivity index (χ3v) is 6.50. The second-order valence-electron chi connectivity index (χ2n) is 7.19. The molecule has 2 aromatic carbocycles. The highest BCUT2D eigenvalue weighted by molar-refractivity contribution is 7.89. The number of hydrogen-bond donors (Lipinski definition) is 1. The number of morpholine rings is 1. The molecule has 0 aromatic heterocycles. The van der Waals surface area contributed by atoms with Gasteiger partial charge in [0.25, 0.3) is 5.91 Å². The molecule has 154 valence electrons. The molecule has 1 aliphatic rings. The van der Waals surface area contributed by atoms with Gasteiger partial charge in [-0.2, -0.15) is 4.31 Å². The fourth-order valence-corrected chi connectivity index (χ4v) is 4.90. The molecule has 1 amide bonds. The Labute approximate surface area is 170 Å². The molecule has 7 nitrogen and oxygen atoms in total. The lowest BCUT2D eigenvalue weighted by atomic mass is 10.1. The molecular formula is C21H24N2O5S. The summed E-state index contributed by atoms with van der Waals surface area (Å²) in [6.07, 6.45) is -0.393. The van der Waals surface area contributed by atoms with E-state index in [4.69, 9.17) is 4.74 Å². The van der Waals surface area contributed by atoms with Gasteiger partial charge in [0, 0.05) is 29.9 Å². The minimum absolute atomic E-state index is 0.0625. The van der Waals surface area contributed by atoms with Crippen molar-refractivity contribution in [3.8, 4) is 0 Å². The first-order chi connectivity index (χ1) is 13.7. The molecule has 0 radical (unpaired) electrons. The number of rotatable bonds is 5. The lowest BCUT2D eigenvalue weighted by Crippen LogP contribution is -2.48. The van der Waals surface area contributed by atoms with Crippen LogP contribution in [0, 0.1) is 0 Å². The highest BCUT2D eigenvalue weighted by Crippen LogP contribution is 2.22. The smallest absolute Gasteiger partial charge is 0.255 e. The highest BCUT2D eigenvalue weighted by Gasteiger charge is 2.32. The topological polar surface area (TPSA) is 92.8 Å². The molecule has 0 saturated carbocycles. The fourth-order valence-electron chi connectivity index (χ4n) is 3.27. The van der Waals surface area contributed by atoms with Gasteiger partial charge in [-0.3, -0.25) is 9.59 Å². The fraction of sp³-hybridized carbons (Fsp3) is 0.333. The van der Waals surface area contributed by atoms with Gasteiger partial charge >= 0.3 is 0 Å². The number of amides is 1. The molecule has 2 aromatic rings.